The number of hydrogen-bond acceptors (Lipinski definition) is 0. The van der Waals surface area contributed by atoms with Gasteiger partial charge in [-0.05, 0) is 0 Å². The Balaban J connectivity index is -0.00000000625. The molecule has 0 saturated heterocycles. The molecule has 0 amide bonds. The fourth-order valence-corrected chi connectivity index (χ4v) is 0. The van der Waals surface area contributed by atoms with Crippen LogP contribution in [0.25, 0.3) is 0 Å². The van der Waals surface area contributed by atoms with Crippen molar-refractivity contribution in [2.45, 2.75) is 20.8 Å². The normalized spacial score (nSPS) is 4.20. The van der Waals surface area contributed by atoms with Crippen molar-refractivity contribution in [3.8, 4) is 0 Å². The molecule has 6 heteroatoms. The molecular weight excluding hydrogens is 466 g/mol. The Bertz CT molecular complexity index is 20.0. The molecule has 10 heavy (non-hydrogen) atoms. The van der Waals surface area contributed by atoms with Gasteiger partial charge in [-0.3, -0.25) is 0 Å². The van der Waals surface area contributed by atoms with Gasteiger partial charge in [-0.1, -0.05) is 0 Å². The van der Waals surface area contributed by atoms with Crippen molar-refractivity contribution >= 4 is 17.9 Å². The van der Waals surface area contributed by atoms with Crippen molar-refractivity contribution in [1.29, 1.82) is 0 Å². The fourth-order valence-electron chi connectivity index (χ4n) is 0. The predicted octanol–water partition coefficient (Wildman–Crippen LogP) is 2.26. The molecule has 0 N–H and O–H groups in total. The summed E-state index contributed by atoms with van der Waals surface area (Å²) in [5, 5.41) is 0. The zero-order valence-electron chi connectivity index (χ0n) is 6.96. The van der Waals surface area contributed by atoms with Gasteiger partial charge in [0.2, 0.25) is 0 Å². The third-order valence-corrected chi connectivity index (χ3v) is 0. The average Bonchev–Trinajstić information content (AvgIpc) is 1.41. The molecule has 0 heterocycles. The molecule has 2 atom stereocenters. The summed E-state index contributed by atoms with van der Waals surface area (Å²) >= 11 is 0. The molecular formula is C4H13P2Y4-. The monoisotopic (exact) mass is 479 g/mol. The number of hydrogen-bond donors (Lipinski definition) is 0. The third kappa shape index (κ3) is 71.9. The van der Waals surface area contributed by atoms with Gasteiger partial charge in [0.15, 0.2) is 0 Å². The van der Waals surface area contributed by atoms with Gasteiger partial charge in [0.25, 0.3) is 0 Å². The van der Waals surface area contributed by atoms with Crippen LogP contribution in [0.2, 0.25) is 0 Å². The van der Waals surface area contributed by atoms with E-state index in [1.807, 2.05) is 0 Å². The van der Waals surface area contributed by atoms with Crippen molar-refractivity contribution in [2.75, 3.05) is 0 Å². The van der Waals surface area contributed by atoms with Crippen LogP contribution in [0.5, 0.6) is 0 Å². The van der Waals surface area contributed by atoms with Crippen LogP contribution in [-0.2, 0) is 131 Å². The van der Waals surface area contributed by atoms with E-state index in [1.165, 1.54) is 5.92 Å². The maximum atomic E-state index is 2.33. The van der Waals surface area contributed by atoms with E-state index in [4.69, 9.17) is 0 Å². The first-order valence-corrected chi connectivity index (χ1v) is 4.50. The molecule has 0 bridgehead atoms. The van der Waals surface area contributed by atoms with Crippen molar-refractivity contribution in [3.63, 3.8) is 0 Å². The molecule has 2 unspecified atom stereocenters. The van der Waals surface area contributed by atoms with E-state index in [2.05, 4.69) is 38.6 Å². The first-order valence-electron chi connectivity index (χ1n) is 1.83. The molecule has 0 saturated carbocycles. The quantitative estimate of drug-likeness (QED) is 0.370. The Morgan fingerprint density at radius 2 is 0.700 bits per heavy atom. The van der Waals surface area contributed by atoms with E-state index in [1.54, 1.807) is 0 Å². The molecule has 0 aliphatic heterocycles. The molecule has 0 fully saturated rings. The largest absolute Gasteiger partial charge is 0.323 e. The zero-order valence-corrected chi connectivity index (χ0v) is 20.6. The Morgan fingerprint density at radius 3 is 0.700 bits per heavy atom. The van der Waals surface area contributed by atoms with Crippen LogP contribution in [0.4, 0.5) is 0 Å². The van der Waals surface area contributed by atoms with E-state index in [0.717, 1.165) is 0 Å². The Morgan fingerprint density at radius 1 is 0.700 bits per heavy atom. The molecule has 52 valence electrons. The van der Waals surface area contributed by atoms with Crippen LogP contribution in [0, 0.1) is 5.92 Å². The third-order valence-electron chi connectivity index (χ3n) is 0. The predicted molar refractivity (Wildman–Crippen MR) is 39.7 cm³/mol. The van der Waals surface area contributed by atoms with Gasteiger partial charge in [-0.2, -0.15) is 20.8 Å². The van der Waals surface area contributed by atoms with Crippen LogP contribution in [-0.4, -0.2) is 0 Å². The SMILES string of the molecule is C[C-](C)C.PP.[Y].[Y].[Y].[Y]. The van der Waals surface area contributed by atoms with Crippen molar-refractivity contribution in [3.05, 3.63) is 5.92 Å². The fraction of sp³-hybridized carbons (Fsp3) is 0.750. The summed E-state index contributed by atoms with van der Waals surface area (Å²) in [6.45, 7) is 6.25. The minimum atomic E-state index is 0. The number of rotatable bonds is 0. The van der Waals surface area contributed by atoms with Crippen LogP contribution < -0.4 is 0 Å². The van der Waals surface area contributed by atoms with Crippen LogP contribution in [0.3, 0.4) is 0 Å². The van der Waals surface area contributed by atoms with Crippen LogP contribution >= 0.6 is 17.9 Å². The molecule has 0 aromatic rings. The second-order valence-electron chi connectivity index (χ2n) is 1.50. The van der Waals surface area contributed by atoms with E-state index in [9.17, 15) is 0 Å². The Labute approximate surface area is 171 Å². The van der Waals surface area contributed by atoms with Crippen molar-refractivity contribution in [1.82, 2.24) is 0 Å². The summed E-state index contributed by atoms with van der Waals surface area (Å²) in [7, 11) is 4.67. The first-order chi connectivity index (χ1) is 2.73. The van der Waals surface area contributed by atoms with Gasteiger partial charge in [0.05, 0.1) is 0 Å². The van der Waals surface area contributed by atoms with Crippen LogP contribution in [0.15, 0.2) is 0 Å². The second-order valence-corrected chi connectivity index (χ2v) is 1.50. The van der Waals surface area contributed by atoms with Crippen LogP contribution in [0.1, 0.15) is 20.8 Å². The van der Waals surface area contributed by atoms with E-state index >= 15 is 0 Å². The maximum absolute atomic E-state index is 2.33. The average molecular weight is 479 g/mol. The van der Waals surface area contributed by atoms with Gasteiger partial charge in [0.1, 0.15) is 0 Å². The van der Waals surface area contributed by atoms with Crippen molar-refractivity contribution in [2.24, 2.45) is 0 Å². The van der Waals surface area contributed by atoms with Gasteiger partial charge >= 0.3 is 0 Å². The summed E-state index contributed by atoms with van der Waals surface area (Å²) in [6, 6.07) is 0. The summed E-state index contributed by atoms with van der Waals surface area (Å²) in [5.41, 5.74) is 0. The molecule has 4 radical (unpaired) electrons. The van der Waals surface area contributed by atoms with Gasteiger partial charge in [0, 0.05) is 131 Å². The van der Waals surface area contributed by atoms with Gasteiger partial charge in [-0.25, -0.2) is 0 Å². The minimum absolute atomic E-state index is 0. The van der Waals surface area contributed by atoms with Gasteiger partial charge in [-0.15, -0.1) is 17.9 Å². The summed E-state index contributed by atoms with van der Waals surface area (Å²) < 4.78 is 0. The summed E-state index contributed by atoms with van der Waals surface area (Å²) in [5.74, 6) is 1.42. The standard InChI is InChI=1S/C4H9.H4P2.4Y/c1-4(2)3;1-2;;;;/h1-3H3;1-2H2;;;;/q-1;;;;;. The van der Waals surface area contributed by atoms with Gasteiger partial charge < -0.3 is 5.92 Å². The minimum Gasteiger partial charge on any atom is -0.323 e. The second kappa shape index (κ2) is 36.7. The molecule has 0 nitrogen and oxygen atoms in total. The van der Waals surface area contributed by atoms with E-state index in [0.29, 0.717) is 0 Å². The molecule has 0 rings (SSSR count). The molecule has 0 aliphatic carbocycles. The molecule has 0 spiro atoms. The smallest absolute Gasteiger partial charge is 0 e. The Hall–Kier alpha value is 5.28. The summed E-state index contributed by atoms with van der Waals surface area (Å²) in [6.07, 6.45) is 0. The molecule has 0 aromatic carbocycles. The van der Waals surface area contributed by atoms with E-state index in [-0.39, 0.29) is 131 Å². The topological polar surface area (TPSA) is 0 Å². The maximum Gasteiger partial charge on any atom is 0 e. The van der Waals surface area contributed by atoms with E-state index < -0.39 is 0 Å². The van der Waals surface area contributed by atoms with Crippen molar-refractivity contribution < 1.29 is 131 Å². The zero-order chi connectivity index (χ0) is 5.58. The summed E-state index contributed by atoms with van der Waals surface area (Å²) in [4.78, 5) is 0. The molecule has 0 aliphatic rings. The molecule has 0 aromatic heterocycles. The Kier molecular flexibility index (Phi) is 133. The first kappa shape index (κ1) is 36.2.